The van der Waals surface area contributed by atoms with Crippen molar-refractivity contribution in [2.45, 2.75) is 19.5 Å². The van der Waals surface area contributed by atoms with Gasteiger partial charge in [0.2, 0.25) is 0 Å². The third-order valence-electron chi connectivity index (χ3n) is 6.13. The Kier molecular flexibility index (Phi) is 5.48. The Morgan fingerprint density at radius 1 is 1.09 bits per heavy atom. The average Bonchev–Trinajstić information content (AvgIpc) is 3.56. The van der Waals surface area contributed by atoms with Crippen molar-refractivity contribution in [2.75, 3.05) is 6.54 Å². The fraction of sp³-hybridized carbons (Fsp3) is 0.148. The van der Waals surface area contributed by atoms with Gasteiger partial charge in [-0.15, -0.1) is 0 Å². The number of pyridine rings is 1. The molecule has 3 aromatic heterocycles. The number of carbonyl (C=O) groups is 1. The van der Waals surface area contributed by atoms with E-state index in [9.17, 15) is 4.79 Å². The quantitative estimate of drug-likeness (QED) is 0.339. The van der Waals surface area contributed by atoms with Gasteiger partial charge in [0, 0.05) is 31.5 Å². The number of benzene rings is 2. The van der Waals surface area contributed by atoms with Crippen LogP contribution in [-0.4, -0.2) is 27.6 Å². The van der Waals surface area contributed by atoms with Gasteiger partial charge < -0.3 is 24.9 Å². The average molecular weight is 466 g/mol. The molecule has 0 aliphatic carbocycles. The summed E-state index contributed by atoms with van der Waals surface area (Å²) in [5, 5.41) is 11.0. The van der Waals surface area contributed by atoms with Crippen molar-refractivity contribution in [1.29, 1.82) is 0 Å². The minimum Gasteiger partial charge on any atom is -0.457 e. The Hall–Kier alpha value is -4.43. The molecule has 0 saturated carbocycles. The number of H-pyrrole nitrogens is 1. The highest BCUT2D eigenvalue weighted by Gasteiger charge is 2.20. The second-order valence-electron chi connectivity index (χ2n) is 8.44. The van der Waals surface area contributed by atoms with Crippen LogP contribution in [-0.2, 0) is 19.5 Å². The number of rotatable bonds is 6. The summed E-state index contributed by atoms with van der Waals surface area (Å²) in [6.45, 7) is 2.24. The van der Waals surface area contributed by atoms with Crippen molar-refractivity contribution in [1.82, 2.24) is 25.8 Å². The molecule has 2 aromatic carbocycles. The van der Waals surface area contributed by atoms with E-state index in [1.54, 1.807) is 18.5 Å². The van der Waals surface area contributed by atoms with Crippen molar-refractivity contribution < 1.29 is 14.1 Å². The van der Waals surface area contributed by atoms with Gasteiger partial charge in [-0.05, 0) is 47.9 Å². The number of carbonyl (C=O) groups excluding carboxylic acids is 1. The van der Waals surface area contributed by atoms with Gasteiger partial charge in [-0.3, -0.25) is 4.79 Å². The van der Waals surface area contributed by atoms with Crippen LogP contribution in [0.15, 0.2) is 77.6 Å². The highest BCUT2D eigenvalue weighted by Crippen LogP contribution is 2.37. The van der Waals surface area contributed by atoms with Crippen molar-refractivity contribution in [2.24, 2.45) is 0 Å². The molecule has 1 aliphatic rings. The van der Waals surface area contributed by atoms with Crippen LogP contribution in [0.25, 0.3) is 22.4 Å². The second kappa shape index (κ2) is 9.08. The Bertz CT molecular complexity index is 1510. The summed E-state index contributed by atoms with van der Waals surface area (Å²) in [6, 6.07) is 19.3. The molecule has 0 radical (unpaired) electrons. The van der Waals surface area contributed by atoms with Crippen LogP contribution < -0.4 is 15.4 Å². The SMILES string of the molecule is O=C(NCc1ccccc1)c1cc(-c2c[nH]c3nccc(Oc4ccc5c(c4)CNCC5)c23)on1. The molecular weight excluding hydrogens is 442 g/mol. The molecule has 0 fully saturated rings. The van der Waals surface area contributed by atoms with Gasteiger partial charge in [0.15, 0.2) is 11.5 Å². The van der Waals surface area contributed by atoms with Crippen molar-refractivity contribution >= 4 is 16.9 Å². The summed E-state index contributed by atoms with van der Waals surface area (Å²) >= 11 is 0. The second-order valence-corrected chi connectivity index (χ2v) is 8.44. The molecule has 0 spiro atoms. The molecule has 1 amide bonds. The van der Waals surface area contributed by atoms with E-state index in [0.29, 0.717) is 23.7 Å². The minimum atomic E-state index is -0.305. The predicted octanol–water partition coefficient (Wildman–Crippen LogP) is 4.59. The number of amides is 1. The van der Waals surface area contributed by atoms with Crippen molar-refractivity contribution in [3.05, 3.63) is 95.4 Å². The lowest BCUT2D eigenvalue weighted by Crippen LogP contribution is -2.23. The molecule has 8 nitrogen and oxygen atoms in total. The molecule has 174 valence electrons. The first-order chi connectivity index (χ1) is 17.2. The number of nitrogens with zero attached hydrogens (tertiary/aromatic N) is 2. The van der Waals surface area contributed by atoms with Crippen LogP contribution in [0.4, 0.5) is 0 Å². The molecule has 3 N–H and O–H groups in total. The molecular formula is C27H23N5O3. The van der Waals surface area contributed by atoms with Crippen LogP contribution in [0.2, 0.25) is 0 Å². The van der Waals surface area contributed by atoms with E-state index in [0.717, 1.165) is 41.8 Å². The number of aromatic nitrogens is 3. The highest BCUT2D eigenvalue weighted by atomic mass is 16.5. The molecule has 35 heavy (non-hydrogen) atoms. The number of hydrogen-bond donors (Lipinski definition) is 3. The summed E-state index contributed by atoms with van der Waals surface area (Å²) in [6.07, 6.45) is 4.50. The third-order valence-corrected chi connectivity index (χ3v) is 6.13. The first kappa shape index (κ1) is 21.1. The number of aromatic amines is 1. The summed E-state index contributed by atoms with van der Waals surface area (Å²) in [7, 11) is 0. The monoisotopic (exact) mass is 465 g/mol. The summed E-state index contributed by atoms with van der Waals surface area (Å²) in [5.74, 6) is 1.54. The van der Waals surface area contributed by atoms with Gasteiger partial charge in [0.25, 0.3) is 5.91 Å². The van der Waals surface area contributed by atoms with Gasteiger partial charge in [0.1, 0.15) is 17.1 Å². The van der Waals surface area contributed by atoms with Crippen LogP contribution in [0.1, 0.15) is 27.2 Å². The lowest BCUT2D eigenvalue weighted by molar-refractivity contribution is 0.0942. The van der Waals surface area contributed by atoms with E-state index in [2.05, 4.69) is 37.9 Å². The number of ether oxygens (including phenoxy) is 1. The van der Waals surface area contributed by atoms with E-state index in [1.807, 2.05) is 42.5 Å². The zero-order valence-electron chi connectivity index (χ0n) is 18.9. The fourth-order valence-corrected chi connectivity index (χ4v) is 4.33. The molecule has 6 rings (SSSR count). The Balaban J connectivity index is 1.26. The number of hydrogen-bond acceptors (Lipinski definition) is 6. The van der Waals surface area contributed by atoms with Gasteiger partial charge in [-0.2, -0.15) is 0 Å². The first-order valence-corrected chi connectivity index (χ1v) is 11.5. The lowest BCUT2D eigenvalue weighted by atomic mass is 10.0. The van der Waals surface area contributed by atoms with E-state index < -0.39 is 0 Å². The Labute approximate surface area is 201 Å². The van der Waals surface area contributed by atoms with Crippen LogP contribution in [0, 0.1) is 0 Å². The standard InChI is InChI=1S/C27H23N5O3/c33-27(31-14-17-4-2-1-3-5-17)22-13-24(35-32-22)21-16-30-26-25(21)23(9-11-29-26)34-20-7-6-18-8-10-28-15-19(18)12-20/h1-7,9,11-13,16,28H,8,10,14-15H2,(H,29,30)(H,31,33). The Morgan fingerprint density at radius 3 is 2.91 bits per heavy atom. The molecule has 0 bridgehead atoms. The highest BCUT2D eigenvalue weighted by molar-refractivity contribution is 5.99. The maximum atomic E-state index is 12.6. The van der Waals surface area contributed by atoms with E-state index in [4.69, 9.17) is 9.26 Å². The predicted molar refractivity (Wildman–Crippen MR) is 131 cm³/mol. The molecule has 4 heterocycles. The van der Waals surface area contributed by atoms with Crippen molar-refractivity contribution in [3.63, 3.8) is 0 Å². The molecule has 0 unspecified atom stereocenters. The van der Waals surface area contributed by atoms with Gasteiger partial charge >= 0.3 is 0 Å². The van der Waals surface area contributed by atoms with Crippen molar-refractivity contribution in [3.8, 4) is 22.8 Å². The summed E-state index contributed by atoms with van der Waals surface area (Å²) in [5.41, 5.74) is 5.18. The van der Waals surface area contributed by atoms with Crippen LogP contribution >= 0.6 is 0 Å². The normalized spacial score (nSPS) is 12.9. The molecule has 1 aliphatic heterocycles. The number of nitrogens with one attached hydrogen (secondary N) is 3. The molecule has 0 saturated heterocycles. The largest absolute Gasteiger partial charge is 0.457 e. The molecule has 8 heteroatoms. The zero-order valence-corrected chi connectivity index (χ0v) is 18.9. The third kappa shape index (κ3) is 4.27. The minimum absolute atomic E-state index is 0.207. The van der Waals surface area contributed by atoms with E-state index >= 15 is 0 Å². The van der Waals surface area contributed by atoms with E-state index in [-0.39, 0.29) is 11.6 Å². The van der Waals surface area contributed by atoms with Crippen LogP contribution in [0.5, 0.6) is 11.5 Å². The number of fused-ring (bicyclic) bond motifs is 2. The van der Waals surface area contributed by atoms with Crippen LogP contribution in [0.3, 0.4) is 0 Å². The summed E-state index contributed by atoms with van der Waals surface area (Å²) < 4.78 is 11.8. The van der Waals surface area contributed by atoms with Gasteiger partial charge in [-0.1, -0.05) is 41.6 Å². The maximum Gasteiger partial charge on any atom is 0.273 e. The topological polar surface area (TPSA) is 105 Å². The van der Waals surface area contributed by atoms with Gasteiger partial charge in [-0.25, -0.2) is 4.98 Å². The first-order valence-electron chi connectivity index (χ1n) is 11.5. The fourth-order valence-electron chi connectivity index (χ4n) is 4.33. The summed E-state index contributed by atoms with van der Waals surface area (Å²) in [4.78, 5) is 20.2. The van der Waals surface area contributed by atoms with E-state index in [1.165, 1.54) is 11.1 Å². The van der Waals surface area contributed by atoms with Gasteiger partial charge in [0.05, 0.1) is 10.9 Å². The maximum absolute atomic E-state index is 12.6. The smallest absolute Gasteiger partial charge is 0.273 e. The Morgan fingerprint density at radius 2 is 2.00 bits per heavy atom. The molecule has 0 atom stereocenters. The lowest BCUT2D eigenvalue weighted by Gasteiger charge is -2.18. The zero-order chi connectivity index (χ0) is 23.6. The molecule has 5 aromatic rings.